The first kappa shape index (κ1) is 26.5. The van der Waals surface area contributed by atoms with E-state index in [1.165, 1.54) is 0 Å². The van der Waals surface area contributed by atoms with Crippen molar-refractivity contribution in [2.45, 2.75) is 58.0 Å². The molecule has 1 heterocycles. The number of aliphatic imine (C=N–C) groups is 1. The average molecular weight is 506 g/mol. The van der Waals surface area contributed by atoms with Crippen LogP contribution in [0.2, 0.25) is 0 Å². The summed E-state index contributed by atoms with van der Waals surface area (Å²) in [6.45, 7) is 5.69. The zero-order chi connectivity index (χ0) is 26.7. The summed E-state index contributed by atoms with van der Waals surface area (Å²) in [5.74, 6) is 0.204. The lowest BCUT2D eigenvalue weighted by atomic mass is 9.69. The van der Waals surface area contributed by atoms with Gasteiger partial charge < -0.3 is 18.9 Å². The summed E-state index contributed by atoms with van der Waals surface area (Å²) in [5, 5.41) is 0. The number of Topliss-reactive ketones (excluding diaryl/α,β-unsaturated/α-hetero) is 1. The molecule has 2 aromatic carbocycles. The fourth-order valence-electron chi connectivity index (χ4n) is 5.32. The van der Waals surface area contributed by atoms with Crippen LogP contribution in [0.5, 0.6) is 17.2 Å². The van der Waals surface area contributed by atoms with Gasteiger partial charge in [0.15, 0.2) is 17.3 Å². The number of carbonyl (C=O) groups excluding carboxylic acids is 2. The van der Waals surface area contributed by atoms with Crippen LogP contribution < -0.4 is 14.2 Å². The molecule has 0 saturated carbocycles. The van der Waals surface area contributed by atoms with Crippen molar-refractivity contribution >= 4 is 17.5 Å². The van der Waals surface area contributed by atoms with Gasteiger partial charge in [0.05, 0.1) is 27.4 Å². The topological polar surface area (TPSA) is 83.4 Å². The zero-order valence-corrected chi connectivity index (χ0v) is 22.4. The maximum absolute atomic E-state index is 13.9. The standard InChI is InChI=1S/C30H35NO6/c1-7-17(2)37-30(33)27-18(3)31-22-14-20(19-12-13-25(35-5)26(16-19)36-6)15-23(32)29(22)28(27)21-10-8-9-11-24(21)34-4/h8-13,16-17,20,27-28H,7,14-15H2,1-6H3/t17-,20+,27?,28-/m0/s1. The van der Waals surface area contributed by atoms with Gasteiger partial charge >= 0.3 is 5.97 Å². The normalized spacial score (nSPS) is 22.1. The molecule has 4 atom stereocenters. The molecule has 37 heavy (non-hydrogen) atoms. The minimum atomic E-state index is -0.703. The van der Waals surface area contributed by atoms with Gasteiger partial charge in [0, 0.05) is 34.9 Å². The van der Waals surface area contributed by atoms with Crippen molar-refractivity contribution in [1.29, 1.82) is 0 Å². The van der Waals surface area contributed by atoms with E-state index in [-0.39, 0.29) is 23.8 Å². The molecule has 0 spiro atoms. The minimum absolute atomic E-state index is 0.0190. The highest BCUT2D eigenvalue weighted by Gasteiger charge is 2.46. The average Bonchev–Trinajstić information content (AvgIpc) is 2.91. The van der Waals surface area contributed by atoms with Crippen LogP contribution in [0, 0.1) is 5.92 Å². The molecular formula is C30H35NO6. The van der Waals surface area contributed by atoms with Gasteiger partial charge in [-0.05, 0) is 56.4 Å². The lowest BCUT2D eigenvalue weighted by molar-refractivity contribution is -0.151. The van der Waals surface area contributed by atoms with Crippen LogP contribution in [0.3, 0.4) is 0 Å². The van der Waals surface area contributed by atoms with Gasteiger partial charge in [-0.1, -0.05) is 31.2 Å². The molecule has 196 valence electrons. The van der Waals surface area contributed by atoms with Crippen LogP contribution in [0.25, 0.3) is 0 Å². The van der Waals surface area contributed by atoms with E-state index < -0.39 is 11.8 Å². The van der Waals surface area contributed by atoms with Crippen LogP contribution in [-0.2, 0) is 14.3 Å². The quantitative estimate of drug-likeness (QED) is 0.433. The Kier molecular flexibility index (Phi) is 8.00. The number of carbonyl (C=O) groups is 2. The Balaban J connectivity index is 1.80. The monoisotopic (exact) mass is 505 g/mol. The van der Waals surface area contributed by atoms with E-state index in [2.05, 4.69) is 0 Å². The van der Waals surface area contributed by atoms with E-state index in [0.717, 1.165) is 16.8 Å². The predicted molar refractivity (Wildman–Crippen MR) is 142 cm³/mol. The molecule has 7 heteroatoms. The van der Waals surface area contributed by atoms with Crippen molar-refractivity contribution < 1.29 is 28.5 Å². The molecule has 0 aromatic heterocycles. The summed E-state index contributed by atoms with van der Waals surface area (Å²) in [7, 11) is 4.79. The van der Waals surface area contributed by atoms with Crippen LogP contribution in [0.1, 0.15) is 63.0 Å². The maximum atomic E-state index is 13.9. The number of benzene rings is 2. The lowest BCUT2D eigenvalue weighted by Gasteiger charge is -2.37. The Bertz CT molecular complexity index is 1250. The molecule has 0 bridgehead atoms. The van der Waals surface area contributed by atoms with Crippen LogP contribution in [0.4, 0.5) is 0 Å². The maximum Gasteiger partial charge on any atom is 0.315 e. The van der Waals surface area contributed by atoms with Gasteiger partial charge in [-0.2, -0.15) is 0 Å². The van der Waals surface area contributed by atoms with Crippen molar-refractivity contribution in [1.82, 2.24) is 0 Å². The molecule has 0 fully saturated rings. The second kappa shape index (κ2) is 11.2. The number of hydrogen-bond donors (Lipinski definition) is 0. The van der Waals surface area contributed by atoms with Crippen molar-refractivity contribution in [3.8, 4) is 17.2 Å². The van der Waals surface area contributed by atoms with Crippen LogP contribution >= 0.6 is 0 Å². The largest absolute Gasteiger partial charge is 0.496 e. The molecular weight excluding hydrogens is 470 g/mol. The minimum Gasteiger partial charge on any atom is -0.496 e. The molecule has 7 nitrogen and oxygen atoms in total. The number of ether oxygens (including phenoxy) is 4. The second-order valence-corrected chi connectivity index (χ2v) is 9.61. The fraction of sp³-hybridized carbons (Fsp3) is 0.433. The van der Waals surface area contributed by atoms with Crippen molar-refractivity contribution in [2.24, 2.45) is 10.9 Å². The van der Waals surface area contributed by atoms with E-state index in [9.17, 15) is 9.59 Å². The van der Waals surface area contributed by atoms with Gasteiger partial charge in [0.25, 0.3) is 0 Å². The Morgan fingerprint density at radius 2 is 1.70 bits per heavy atom. The number of nitrogens with zero attached hydrogens (tertiary/aromatic N) is 1. The van der Waals surface area contributed by atoms with Crippen molar-refractivity contribution in [3.63, 3.8) is 0 Å². The molecule has 2 aliphatic rings. The summed E-state index contributed by atoms with van der Waals surface area (Å²) in [6, 6.07) is 13.3. The van der Waals surface area contributed by atoms with E-state index in [1.54, 1.807) is 21.3 Å². The van der Waals surface area contributed by atoms with Crippen molar-refractivity contribution in [3.05, 3.63) is 64.9 Å². The van der Waals surface area contributed by atoms with E-state index in [1.807, 2.05) is 63.2 Å². The Morgan fingerprint density at radius 1 is 1.00 bits per heavy atom. The smallest absolute Gasteiger partial charge is 0.315 e. The highest BCUT2D eigenvalue weighted by molar-refractivity contribution is 6.09. The third-order valence-electron chi connectivity index (χ3n) is 7.39. The number of allylic oxidation sites excluding steroid dienone is 2. The highest BCUT2D eigenvalue weighted by Crippen LogP contribution is 2.49. The van der Waals surface area contributed by atoms with Gasteiger partial charge in [-0.15, -0.1) is 0 Å². The molecule has 2 aromatic rings. The molecule has 0 amide bonds. The van der Waals surface area contributed by atoms with E-state index in [0.29, 0.717) is 47.8 Å². The molecule has 1 unspecified atom stereocenters. The number of hydrogen-bond acceptors (Lipinski definition) is 7. The molecule has 4 rings (SSSR count). The van der Waals surface area contributed by atoms with Gasteiger partial charge in [-0.3, -0.25) is 14.6 Å². The second-order valence-electron chi connectivity index (χ2n) is 9.61. The first-order valence-electron chi connectivity index (χ1n) is 12.7. The molecule has 0 N–H and O–H groups in total. The third-order valence-corrected chi connectivity index (χ3v) is 7.39. The van der Waals surface area contributed by atoms with Crippen LogP contribution in [0.15, 0.2) is 58.7 Å². The summed E-state index contributed by atoms with van der Waals surface area (Å²) in [4.78, 5) is 32.2. The number of para-hydroxylation sites is 1. The Labute approximate surface area is 218 Å². The van der Waals surface area contributed by atoms with Crippen molar-refractivity contribution in [2.75, 3.05) is 21.3 Å². The summed E-state index contributed by atoms with van der Waals surface area (Å²) in [6.07, 6.45) is 1.35. The highest BCUT2D eigenvalue weighted by atomic mass is 16.5. The number of ketones is 1. The van der Waals surface area contributed by atoms with Gasteiger partial charge in [-0.25, -0.2) is 0 Å². The van der Waals surface area contributed by atoms with Gasteiger partial charge in [0.1, 0.15) is 11.7 Å². The zero-order valence-electron chi connectivity index (χ0n) is 22.4. The predicted octanol–water partition coefficient (Wildman–Crippen LogP) is 5.63. The first-order chi connectivity index (χ1) is 17.8. The summed E-state index contributed by atoms with van der Waals surface area (Å²) >= 11 is 0. The Morgan fingerprint density at radius 3 is 2.38 bits per heavy atom. The molecule has 1 aliphatic carbocycles. The molecule has 1 aliphatic heterocycles. The first-order valence-corrected chi connectivity index (χ1v) is 12.7. The number of rotatable bonds is 8. The third kappa shape index (κ3) is 5.13. The summed E-state index contributed by atoms with van der Waals surface area (Å²) < 4.78 is 22.3. The Hall–Kier alpha value is -3.61. The number of esters is 1. The fourth-order valence-corrected chi connectivity index (χ4v) is 5.32. The molecule has 0 radical (unpaired) electrons. The van der Waals surface area contributed by atoms with E-state index in [4.69, 9.17) is 23.9 Å². The summed E-state index contributed by atoms with van der Waals surface area (Å²) in [5.41, 5.74) is 3.71. The molecule has 0 saturated heterocycles. The number of methoxy groups -OCH3 is 3. The van der Waals surface area contributed by atoms with Crippen LogP contribution in [-0.4, -0.2) is 44.9 Å². The van der Waals surface area contributed by atoms with Gasteiger partial charge in [0.2, 0.25) is 0 Å². The lowest BCUT2D eigenvalue weighted by Crippen LogP contribution is -2.39. The SMILES string of the molecule is CC[C@H](C)OC(=O)C1C(C)=NC2=C(C(=O)C[C@H](c3ccc(OC)c(OC)c3)C2)[C@H]1c1ccccc1OC. The van der Waals surface area contributed by atoms with E-state index >= 15 is 0 Å².